The average Bonchev–Trinajstić information content (AvgIpc) is 2.67. The normalized spacial score (nSPS) is 10.0. The van der Waals surface area contributed by atoms with E-state index in [9.17, 15) is 5.11 Å². The fourth-order valence-corrected chi connectivity index (χ4v) is 1.08. The molecule has 4 nitrogen and oxygen atoms in total. The van der Waals surface area contributed by atoms with Crippen LogP contribution in [0.2, 0.25) is 0 Å². The third-order valence-corrected chi connectivity index (χ3v) is 1.73. The van der Waals surface area contributed by atoms with Crippen LogP contribution in [0.25, 0.3) is 0 Å². The molecule has 4 heteroatoms. The molecular formula is C10H9NO3. The van der Waals surface area contributed by atoms with Crippen LogP contribution < -0.4 is 4.74 Å². The predicted molar refractivity (Wildman–Crippen MR) is 48.9 cm³/mol. The van der Waals surface area contributed by atoms with Crippen LogP contribution in [0, 0.1) is 0 Å². The lowest BCUT2D eigenvalue weighted by molar-refractivity contribution is 0.300. The number of phenolic OH excluding ortho intramolecular Hbond substituents is 1. The molecule has 0 bridgehead atoms. The Morgan fingerprint density at radius 3 is 3.07 bits per heavy atom. The lowest BCUT2D eigenvalue weighted by Gasteiger charge is -2.02. The van der Waals surface area contributed by atoms with Crippen molar-refractivity contribution in [2.45, 2.75) is 6.61 Å². The van der Waals surface area contributed by atoms with Crippen LogP contribution >= 0.6 is 0 Å². The van der Waals surface area contributed by atoms with E-state index < -0.39 is 0 Å². The minimum Gasteiger partial charge on any atom is -0.508 e. The molecule has 0 saturated heterocycles. The smallest absolute Gasteiger partial charge is 0.179 e. The van der Waals surface area contributed by atoms with E-state index in [0.29, 0.717) is 12.4 Å². The summed E-state index contributed by atoms with van der Waals surface area (Å²) in [7, 11) is 0. The molecule has 14 heavy (non-hydrogen) atoms. The first kappa shape index (κ1) is 8.62. The molecule has 0 spiro atoms. The van der Waals surface area contributed by atoms with Crippen molar-refractivity contribution in [2.75, 3.05) is 0 Å². The zero-order chi connectivity index (χ0) is 9.80. The van der Waals surface area contributed by atoms with Gasteiger partial charge in [-0.2, -0.15) is 0 Å². The van der Waals surface area contributed by atoms with Crippen molar-refractivity contribution >= 4 is 0 Å². The van der Waals surface area contributed by atoms with Gasteiger partial charge in [0.15, 0.2) is 12.0 Å². The van der Waals surface area contributed by atoms with Gasteiger partial charge in [-0.05, 0) is 17.7 Å². The van der Waals surface area contributed by atoms with Crippen molar-refractivity contribution in [3.63, 3.8) is 0 Å². The molecule has 1 N–H and O–H groups in total. The number of hydrogen-bond donors (Lipinski definition) is 1. The van der Waals surface area contributed by atoms with E-state index >= 15 is 0 Å². The Balaban J connectivity index is 1.98. The molecule has 0 fully saturated rings. The molecule has 1 heterocycles. The first-order valence-electron chi connectivity index (χ1n) is 4.15. The van der Waals surface area contributed by atoms with E-state index in [-0.39, 0.29) is 5.75 Å². The molecule has 0 atom stereocenters. The second-order valence-electron chi connectivity index (χ2n) is 2.82. The fraction of sp³-hybridized carbons (Fsp3) is 0.100. The molecule has 0 amide bonds. The van der Waals surface area contributed by atoms with Gasteiger partial charge in [-0.3, -0.25) is 0 Å². The summed E-state index contributed by atoms with van der Waals surface area (Å²) in [5, 5.41) is 12.7. The van der Waals surface area contributed by atoms with Gasteiger partial charge in [0.2, 0.25) is 0 Å². The van der Waals surface area contributed by atoms with E-state index in [2.05, 4.69) is 9.68 Å². The zero-order valence-corrected chi connectivity index (χ0v) is 7.38. The number of aromatic nitrogens is 1. The first-order chi connectivity index (χ1) is 6.84. The summed E-state index contributed by atoms with van der Waals surface area (Å²) in [6.07, 6.45) is 2.91. The number of rotatable bonds is 3. The van der Waals surface area contributed by atoms with Crippen LogP contribution in [-0.4, -0.2) is 10.3 Å². The van der Waals surface area contributed by atoms with Crippen molar-refractivity contribution in [1.82, 2.24) is 5.16 Å². The van der Waals surface area contributed by atoms with Gasteiger partial charge in [0.05, 0.1) is 0 Å². The van der Waals surface area contributed by atoms with E-state index in [0.717, 1.165) is 5.56 Å². The van der Waals surface area contributed by atoms with Crippen LogP contribution in [0.3, 0.4) is 0 Å². The van der Waals surface area contributed by atoms with Crippen LogP contribution in [0.1, 0.15) is 5.56 Å². The monoisotopic (exact) mass is 191 g/mol. The van der Waals surface area contributed by atoms with Gasteiger partial charge in [0.1, 0.15) is 18.6 Å². The number of aromatic hydroxyl groups is 1. The number of benzene rings is 1. The minimum atomic E-state index is 0.233. The SMILES string of the molecule is Oc1cccc(COc2cnoc2)c1. The highest BCUT2D eigenvalue weighted by Gasteiger charge is 1.98. The quantitative estimate of drug-likeness (QED) is 0.805. The Labute approximate surface area is 80.7 Å². The van der Waals surface area contributed by atoms with Crippen LogP contribution in [0.15, 0.2) is 41.2 Å². The molecule has 1 aromatic heterocycles. The lowest BCUT2D eigenvalue weighted by atomic mass is 10.2. The Morgan fingerprint density at radius 2 is 2.36 bits per heavy atom. The van der Waals surface area contributed by atoms with Gasteiger partial charge < -0.3 is 14.4 Å². The molecule has 2 aromatic rings. The Kier molecular flexibility index (Phi) is 2.36. The van der Waals surface area contributed by atoms with Crippen molar-refractivity contribution in [1.29, 1.82) is 0 Å². The third-order valence-electron chi connectivity index (χ3n) is 1.73. The molecule has 2 rings (SSSR count). The summed E-state index contributed by atoms with van der Waals surface area (Å²) in [5.41, 5.74) is 0.895. The lowest BCUT2D eigenvalue weighted by Crippen LogP contribution is -1.93. The summed E-state index contributed by atoms with van der Waals surface area (Å²) in [5.74, 6) is 0.810. The minimum absolute atomic E-state index is 0.233. The number of nitrogens with zero attached hydrogens (tertiary/aromatic N) is 1. The molecule has 0 aliphatic heterocycles. The zero-order valence-electron chi connectivity index (χ0n) is 7.38. The van der Waals surface area contributed by atoms with E-state index in [1.807, 2.05) is 6.07 Å². The topological polar surface area (TPSA) is 55.5 Å². The fourth-order valence-electron chi connectivity index (χ4n) is 1.08. The van der Waals surface area contributed by atoms with E-state index in [1.165, 1.54) is 12.5 Å². The highest BCUT2D eigenvalue weighted by Crippen LogP contribution is 2.14. The van der Waals surface area contributed by atoms with Crippen molar-refractivity contribution in [3.8, 4) is 11.5 Å². The number of ether oxygens (including phenoxy) is 1. The Morgan fingerprint density at radius 1 is 1.43 bits per heavy atom. The van der Waals surface area contributed by atoms with Gasteiger partial charge in [0.25, 0.3) is 0 Å². The highest BCUT2D eigenvalue weighted by molar-refractivity contribution is 5.27. The average molecular weight is 191 g/mol. The summed E-state index contributed by atoms with van der Waals surface area (Å²) < 4.78 is 9.92. The van der Waals surface area contributed by atoms with E-state index in [1.54, 1.807) is 18.2 Å². The van der Waals surface area contributed by atoms with Gasteiger partial charge in [-0.15, -0.1) is 0 Å². The summed E-state index contributed by atoms with van der Waals surface area (Å²) in [6, 6.07) is 6.89. The largest absolute Gasteiger partial charge is 0.508 e. The number of hydrogen-bond acceptors (Lipinski definition) is 4. The molecule has 0 radical (unpaired) electrons. The molecular weight excluding hydrogens is 182 g/mol. The molecule has 0 unspecified atom stereocenters. The maximum absolute atomic E-state index is 9.18. The standard InChI is InChI=1S/C10H9NO3/c12-9-3-1-2-8(4-9)6-13-10-5-11-14-7-10/h1-5,7,12H,6H2. The van der Waals surface area contributed by atoms with Crippen molar-refractivity contribution in [3.05, 3.63) is 42.3 Å². The maximum atomic E-state index is 9.18. The third kappa shape index (κ3) is 2.04. The molecule has 0 aliphatic rings. The van der Waals surface area contributed by atoms with Gasteiger partial charge >= 0.3 is 0 Å². The molecule has 72 valence electrons. The second-order valence-corrected chi connectivity index (χ2v) is 2.82. The van der Waals surface area contributed by atoms with Gasteiger partial charge in [0, 0.05) is 0 Å². The van der Waals surface area contributed by atoms with E-state index in [4.69, 9.17) is 4.74 Å². The second kappa shape index (κ2) is 3.83. The van der Waals surface area contributed by atoms with Crippen LogP contribution in [-0.2, 0) is 6.61 Å². The summed E-state index contributed by atoms with van der Waals surface area (Å²) in [4.78, 5) is 0. The Hall–Kier alpha value is -1.97. The maximum Gasteiger partial charge on any atom is 0.179 e. The molecule has 1 aromatic carbocycles. The number of phenols is 1. The predicted octanol–water partition coefficient (Wildman–Crippen LogP) is 1.96. The highest BCUT2D eigenvalue weighted by atomic mass is 16.5. The van der Waals surface area contributed by atoms with Crippen LogP contribution in [0.5, 0.6) is 11.5 Å². The van der Waals surface area contributed by atoms with Crippen LogP contribution in [0.4, 0.5) is 0 Å². The van der Waals surface area contributed by atoms with Gasteiger partial charge in [-0.1, -0.05) is 17.3 Å². The molecule has 0 saturated carbocycles. The Bertz CT molecular complexity index is 398. The summed E-state index contributed by atoms with van der Waals surface area (Å²) >= 11 is 0. The van der Waals surface area contributed by atoms with Crippen molar-refractivity contribution in [2.24, 2.45) is 0 Å². The van der Waals surface area contributed by atoms with Crippen molar-refractivity contribution < 1.29 is 14.4 Å². The molecule has 0 aliphatic carbocycles. The first-order valence-corrected chi connectivity index (χ1v) is 4.15. The summed E-state index contributed by atoms with van der Waals surface area (Å²) in [6.45, 7) is 0.385. The van der Waals surface area contributed by atoms with Gasteiger partial charge in [-0.25, -0.2) is 0 Å².